The lowest BCUT2D eigenvalue weighted by atomic mass is 9.93. The van der Waals surface area contributed by atoms with Crippen LogP contribution in [0.25, 0.3) is 0 Å². The first-order valence-electron chi connectivity index (χ1n) is 6.46. The molecule has 0 bridgehead atoms. The van der Waals surface area contributed by atoms with Crippen LogP contribution in [-0.4, -0.2) is 41.5 Å². The van der Waals surface area contributed by atoms with Crippen molar-refractivity contribution >= 4 is 5.91 Å². The van der Waals surface area contributed by atoms with Crippen LogP contribution in [0.15, 0.2) is 18.3 Å². The maximum absolute atomic E-state index is 12.4. The highest BCUT2D eigenvalue weighted by Gasteiger charge is 2.45. The summed E-state index contributed by atoms with van der Waals surface area (Å²) in [5, 5.41) is 3.44. The molecule has 0 saturated carbocycles. The summed E-state index contributed by atoms with van der Waals surface area (Å²) in [5.41, 5.74) is 0.719. The molecule has 17 heavy (non-hydrogen) atoms. The fourth-order valence-corrected chi connectivity index (χ4v) is 3.40. The first-order chi connectivity index (χ1) is 8.31. The third kappa shape index (κ3) is 1.67. The molecule has 3 rings (SSSR count). The molecule has 2 N–H and O–H groups in total. The lowest BCUT2D eigenvalue weighted by molar-refractivity contribution is 0.0706. The number of hydrogen-bond donors (Lipinski definition) is 2. The largest absolute Gasteiger partial charge is 0.357 e. The highest BCUT2D eigenvalue weighted by molar-refractivity contribution is 5.92. The van der Waals surface area contributed by atoms with E-state index in [0.717, 1.165) is 31.7 Å². The number of carbonyl (C=O) groups excluding carboxylic acids is 1. The average Bonchev–Trinajstić information content (AvgIpc) is 3.03. The average molecular weight is 233 g/mol. The van der Waals surface area contributed by atoms with Gasteiger partial charge in [0.2, 0.25) is 0 Å². The zero-order chi connectivity index (χ0) is 11.8. The van der Waals surface area contributed by atoms with Crippen molar-refractivity contribution in [3.05, 3.63) is 24.0 Å². The van der Waals surface area contributed by atoms with Crippen LogP contribution in [0, 0.1) is 11.8 Å². The van der Waals surface area contributed by atoms with Gasteiger partial charge in [-0.2, -0.15) is 0 Å². The zero-order valence-electron chi connectivity index (χ0n) is 10.1. The topological polar surface area (TPSA) is 48.1 Å². The molecule has 4 heteroatoms. The van der Waals surface area contributed by atoms with Crippen LogP contribution in [0.3, 0.4) is 0 Å². The first kappa shape index (κ1) is 10.8. The van der Waals surface area contributed by atoms with Gasteiger partial charge in [-0.1, -0.05) is 6.92 Å². The van der Waals surface area contributed by atoms with Gasteiger partial charge in [-0.25, -0.2) is 0 Å². The second-order valence-corrected chi connectivity index (χ2v) is 5.10. The van der Waals surface area contributed by atoms with Gasteiger partial charge in [-0.3, -0.25) is 4.79 Å². The number of nitrogens with zero attached hydrogens (tertiary/aromatic N) is 1. The molecule has 3 heterocycles. The van der Waals surface area contributed by atoms with Gasteiger partial charge in [0, 0.05) is 31.9 Å². The minimum atomic E-state index is 0.163. The minimum Gasteiger partial charge on any atom is -0.357 e. The van der Waals surface area contributed by atoms with Gasteiger partial charge < -0.3 is 15.2 Å². The summed E-state index contributed by atoms with van der Waals surface area (Å²) < 4.78 is 0. The lowest BCUT2D eigenvalue weighted by Gasteiger charge is -2.26. The van der Waals surface area contributed by atoms with E-state index >= 15 is 0 Å². The number of amides is 1. The summed E-state index contributed by atoms with van der Waals surface area (Å²) in [4.78, 5) is 17.5. The molecule has 0 radical (unpaired) electrons. The number of nitrogens with one attached hydrogen (secondary N) is 2. The molecule has 2 fully saturated rings. The van der Waals surface area contributed by atoms with Crippen LogP contribution in [0.1, 0.15) is 23.8 Å². The molecule has 2 saturated heterocycles. The number of likely N-dealkylation sites (tertiary alicyclic amines) is 1. The monoisotopic (exact) mass is 233 g/mol. The summed E-state index contributed by atoms with van der Waals surface area (Å²) in [5.74, 6) is 1.47. The third-order valence-corrected chi connectivity index (χ3v) is 4.23. The highest BCUT2D eigenvalue weighted by Crippen LogP contribution is 2.34. The molecule has 4 nitrogen and oxygen atoms in total. The van der Waals surface area contributed by atoms with E-state index in [1.807, 2.05) is 18.3 Å². The van der Waals surface area contributed by atoms with Crippen LogP contribution >= 0.6 is 0 Å². The summed E-state index contributed by atoms with van der Waals surface area (Å²) in [6.45, 7) is 5.22. The predicted molar refractivity (Wildman–Crippen MR) is 65.8 cm³/mol. The Balaban J connectivity index is 1.81. The number of fused-ring (bicyclic) bond motifs is 1. The molecule has 1 aromatic heterocycles. The Kier molecular flexibility index (Phi) is 2.67. The molecule has 2 aliphatic heterocycles. The van der Waals surface area contributed by atoms with Crippen molar-refractivity contribution in [2.24, 2.45) is 11.8 Å². The molecule has 1 amide bonds. The Morgan fingerprint density at radius 2 is 2.41 bits per heavy atom. The van der Waals surface area contributed by atoms with Crippen molar-refractivity contribution in [3.63, 3.8) is 0 Å². The van der Waals surface area contributed by atoms with E-state index in [4.69, 9.17) is 0 Å². The van der Waals surface area contributed by atoms with Crippen molar-refractivity contribution in [2.45, 2.75) is 19.4 Å². The number of aromatic amines is 1. The molecule has 2 aliphatic rings. The van der Waals surface area contributed by atoms with Gasteiger partial charge in [-0.15, -0.1) is 0 Å². The summed E-state index contributed by atoms with van der Waals surface area (Å²) >= 11 is 0. The summed E-state index contributed by atoms with van der Waals surface area (Å²) in [6.07, 6.45) is 2.86. The number of aromatic nitrogens is 1. The Labute approximate surface area is 101 Å². The van der Waals surface area contributed by atoms with Crippen molar-refractivity contribution in [1.29, 1.82) is 0 Å². The van der Waals surface area contributed by atoms with Gasteiger partial charge in [0.15, 0.2) is 0 Å². The standard InChI is InChI=1S/C13H19N3O/c1-2-12-10-7-14-6-9(10)8-16(12)13(17)11-4-3-5-15-11/h3-5,9-10,12,14-15H,2,6-8H2,1H3. The lowest BCUT2D eigenvalue weighted by Crippen LogP contribution is -2.39. The predicted octanol–water partition coefficient (Wildman–Crippen LogP) is 1.08. The Bertz CT molecular complexity index is 401. The normalized spacial score (nSPS) is 31.8. The van der Waals surface area contributed by atoms with Gasteiger partial charge in [0.25, 0.3) is 5.91 Å². The van der Waals surface area contributed by atoms with Gasteiger partial charge >= 0.3 is 0 Å². The molecule has 0 spiro atoms. The summed E-state index contributed by atoms with van der Waals surface area (Å²) in [6, 6.07) is 4.15. The number of hydrogen-bond acceptors (Lipinski definition) is 2. The van der Waals surface area contributed by atoms with Crippen LogP contribution in [0.5, 0.6) is 0 Å². The fourth-order valence-electron chi connectivity index (χ4n) is 3.40. The second-order valence-electron chi connectivity index (χ2n) is 5.10. The van der Waals surface area contributed by atoms with Crippen LogP contribution in [0.2, 0.25) is 0 Å². The number of carbonyl (C=O) groups is 1. The summed E-state index contributed by atoms with van der Waals surface area (Å²) in [7, 11) is 0. The maximum atomic E-state index is 12.4. The zero-order valence-corrected chi connectivity index (χ0v) is 10.1. The van der Waals surface area contributed by atoms with E-state index in [1.54, 1.807) is 0 Å². The molecule has 3 unspecified atom stereocenters. The van der Waals surface area contributed by atoms with Crippen molar-refractivity contribution in [2.75, 3.05) is 19.6 Å². The third-order valence-electron chi connectivity index (χ3n) is 4.23. The molecule has 3 atom stereocenters. The Hall–Kier alpha value is -1.29. The van der Waals surface area contributed by atoms with Crippen molar-refractivity contribution in [1.82, 2.24) is 15.2 Å². The van der Waals surface area contributed by atoms with E-state index in [-0.39, 0.29) is 5.91 Å². The Morgan fingerprint density at radius 1 is 1.53 bits per heavy atom. The molecular weight excluding hydrogens is 214 g/mol. The van der Waals surface area contributed by atoms with E-state index in [9.17, 15) is 4.79 Å². The molecular formula is C13H19N3O. The number of rotatable bonds is 2. The van der Waals surface area contributed by atoms with E-state index < -0.39 is 0 Å². The van der Waals surface area contributed by atoms with Gasteiger partial charge in [0.1, 0.15) is 5.69 Å². The van der Waals surface area contributed by atoms with Crippen LogP contribution in [0.4, 0.5) is 0 Å². The second kappa shape index (κ2) is 4.18. The smallest absolute Gasteiger partial charge is 0.270 e. The fraction of sp³-hybridized carbons (Fsp3) is 0.615. The highest BCUT2D eigenvalue weighted by atomic mass is 16.2. The molecule has 1 aromatic rings. The van der Waals surface area contributed by atoms with E-state index in [0.29, 0.717) is 17.9 Å². The number of H-pyrrole nitrogens is 1. The minimum absolute atomic E-state index is 0.163. The van der Waals surface area contributed by atoms with Crippen molar-refractivity contribution < 1.29 is 4.79 Å². The van der Waals surface area contributed by atoms with E-state index in [1.165, 1.54) is 0 Å². The molecule has 92 valence electrons. The molecule has 0 aliphatic carbocycles. The molecule has 0 aromatic carbocycles. The first-order valence-corrected chi connectivity index (χ1v) is 6.46. The van der Waals surface area contributed by atoms with Gasteiger partial charge in [0.05, 0.1) is 0 Å². The SMILES string of the molecule is CCC1C2CNCC2CN1C(=O)c1ccc[nH]1. The quantitative estimate of drug-likeness (QED) is 0.803. The van der Waals surface area contributed by atoms with Gasteiger partial charge in [-0.05, 0) is 30.4 Å². The van der Waals surface area contributed by atoms with Crippen LogP contribution in [-0.2, 0) is 0 Å². The Morgan fingerprint density at radius 3 is 3.12 bits per heavy atom. The van der Waals surface area contributed by atoms with Crippen LogP contribution < -0.4 is 5.32 Å². The maximum Gasteiger partial charge on any atom is 0.270 e. The van der Waals surface area contributed by atoms with E-state index in [2.05, 4.69) is 22.1 Å². The van der Waals surface area contributed by atoms with Crippen molar-refractivity contribution in [3.8, 4) is 0 Å².